The summed E-state index contributed by atoms with van der Waals surface area (Å²) in [5.41, 5.74) is 1.19. The average molecular weight is 584 g/mol. The zero-order valence-electron chi connectivity index (χ0n) is 24.0. The van der Waals surface area contributed by atoms with Gasteiger partial charge in [-0.15, -0.1) is 0 Å². The molecule has 4 heteroatoms. The van der Waals surface area contributed by atoms with E-state index >= 15 is 0 Å². The summed E-state index contributed by atoms with van der Waals surface area (Å²) >= 11 is 0. The van der Waals surface area contributed by atoms with Crippen molar-refractivity contribution in [1.82, 2.24) is 4.67 Å². The molecule has 0 aliphatic heterocycles. The van der Waals surface area contributed by atoms with Gasteiger partial charge in [0.15, 0.2) is 0 Å². The number of benzene rings is 6. The van der Waals surface area contributed by atoms with Crippen molar-refractivity contribution in [2.45, 2.75) is 19.1 Å². The Morgan fingerprint density at radius 2 is 1.00 bits per heavy atom. The van der Waals surface area contributed by atoms with Gasteiger partial charge in [-0.25, -0.2) is 0 Å². The molecule has 0 fully saturated rings. The van der Waals surface area contributed by atoms with Crippen LogP contribution in [0.2, 0.25) is 0 Å². The second-order valence-corrected chi connectivity index (χ2v) is 14.4. The standard InChI is InChI=1S/C38H35NOP2/c1-30(39(2)41(33-22-9-4-10-23-33)37-29-17-21-31-18-15-16-28-36(31)37)38(32-19-7-3-8-20-32)40-42(34-24-11-5-12-25-34)35-26-13-6-14-27-35/h3-30,38H,1-2H3/t30-,38-,41?/m1/s1. The molecule has 0 spiro atoms. The second-order valence-electron chi connectivity index (χ2n) is 10.4. The molecule has 0 N–H and O–H groups in total. The zero-order valence-corrected chi connectivity index (χ0v) is 25.8. The molecule has 6 rings (SSSR count). The predicted molar refractivity (Wildman–Crippen MR) is 183 cm³/mol. The van der Waals surface area contributed by atoms with Gasteiger partial charge in [-0.3, -0.25) is 4.67 Å². The summed E-state index contributed by atoms with van der Waals surface area (Å²) in [7, 11) is 0.382. The van der Waals surface area contributed by atoms with Crippen LogP contribution >= 0.6 is 16.2 Å². The van der Waals surface area contributed by atoms with Crippen molar-refractivity contribution < 1.29 is 4.52 Å². The highest BCUT2D eigenvalue weighted by Crippen LogP contribution is 2.48. The average Bonchev–Trinajstić information content (AvgIpc) is 3.07. The maximum Gasteiger partial charge on any atom is 0.103 e. The minimum absolute atomic E-state index is 0.0788. The van der Waals surface area contributed by atoms with Crippen LogP contribution in [0.15, 0.2) is 164 Å². The van der Waals surface area contributed by atoms with E-state index in [-0.39, 0.29) is 12.1 Å². The van der Waals surface area contributed by atoms with E-state index in [1.165, 1.54) is 37.6 Å². The van der Waals surface area contributed by atoms with Gasteiger partial charge >= 0.3 is 0 Å². The lowest BCUT2D eigenvalue weighted by molar-refractivity contribution is 0.154. The molecule has 0 saturated carbocycles. The van der Waals surface area contributed by atoms with Crippen LogP contribution in [0.4, 0.5) is 0 Å². The number of fused-ring (bicyclic) bond motifs is 1. The van der Waals surface area contributed by atoms with Crippen molar-refractivity contribution in [1.29, 1.82) is 0 Å². The van der Waals surface area contributed by atoms with Gasteiger partial charge in [0.2, 0.25) is 0 Å². The van der Waals surface area contributed by atoms with Crippen LogP contribution in [0.25, 0.3) is 10.8 Å². The molecule has 0 amide bonds. The maximum atomic E-state index is 7.33. The van der Waals surface area contributed by atoms with Crippen molar-refractivity contribution in [3.05, 3.63) is 169 Å². The Hall–Kier alpha value is -3.64. The molecule has 0 heterocycles. The molecule has 2 nitrogen and oxygen atoms in total. The first-order chi connectivity index (χ1) is 20.7. The van der Waals surface area contributed by atoms with Gasteiger partial charge in [0, 0.05) is 30.0 Å². The molecule has 0 aliphatic carbocycles. The Kier molecular flexibility index (Phi) is 9.19. The smallest absolute Gasteiger partial charge is 0.103 e. The summed E-state index contributed by atoms with van der Waals surface area (Å²) in [4.78, 5) is 0. The summed E-state index contributed by atoms with van der Waals surface area (Å²) in [6.45, 7) is 2.32. The topological polar surface area (TPSA) is 12.5 Å². The fourth-order valence-electron chi connectivity index (χ4n) is 5.41. The van der Waals surface area contributed by atoms with E-state index in [0.29, 0.717) is 0 Å². The van der Waals surface area contributed by atoms with Crippen molar-refractivity contribution in [3.8, 4) is 0 Å². The van der Waals surface area contributed by atoms with Crippen LogP contribution in [0.5, 0.6) is 0 Å². The van der Waals surface area contributed by atoms with Crippen LogP contribution in [-0.2, 0) is 4.52 Å². The van der Waals surface area contributed by atoms with Crippen molar-refractivity contribution >= 4 is 48.2 Å². The van der Waals surface area contributed by atoms with E-state index in [1.807, 2.05) is 0 Å². The van der Waals surface area contributed by atoms with Gasteiger partial charge in [-0.1, -0.05) is 164 Å². The molecule has 208 valence electrons. The number of hydrogen-bond donors (Lipinski definition) is 0. The van der Waals surface area contributed by atoms with E-state index in [0.717, 1.165) is 0 Å². The molecule has 42 heavy (non-hydrogen) atoms. The molecule has 6 aromatic rings. The Morgan fingerprint density at radius 1 is 0.524 bits per heavy atom. The lowest BCUT2D eigenvalue weighted by Crippen LogP contribution is -2.37. The molecule has 1 unspecified atom stereocenters. The van der Waals surface area contributed by atoms with Gasteiger partial charge in [0.1, 0.15) is 6.10 Å². The zero-order chi connectivity index (χ0) is 28.7. The summed E-state index contributed by atoms with van der Waals surface area (Å²) < 4.78 is 9.90. The number of likely N-dealkylation sites (N-methyl/N-ethyl adjacent to an activating group) is 1. The lowest BCUT2D eigenvalue weighted by Gasteiger charge is -2.39. The van der Waals surface area contributed by atoms with Gasteiger partial charge in [0.25, 0.3) is 0 Å². The Bertz CT molecular complexity index is 1650. The highest BCUT2D eigenvalue weighted by molar-refractivity contribution is 7.71. The Balaban J connectivity index is 1.45. The number of hydrogen-bond acceptors (Lipinski definition) is 2. The van der Waals surface area contributed by atoms with Gasteiger partial charge in [-0.2, -0.15) is 0 Å². The third-order valence-electron chi connectivity index (χ3n) is 7.67. The first kappa shape index (κ1) is 28.5. The van der Waals surface area contributed by atoms with Crippen molar-refractivity contribution in [2.24, 2.45) is 0 Å². The molecule has 0 aliphatic rings. The highest BCUT2D eigenvalue weighted by atomic mass is 31.1. The van der Waals surface area contributed by atoms with Crippen LogP contribution in [-0.4, -0.2) is 17.8 Å². The first-order valence-corrected chi connectivity index (χ1v) is 16.9. The molecule has 0 aromatic heterocycles. The summed E-state index contributed by atoms with van der Waals surface area (Å²) in [5, 5.41) is 7.71. The molecule has 0 bridgehead atoms. The molecule has 0 radical (unpaired) electrons. The number of nitrogens with zero attached hydrogens (tertiary/aromatic N) is 1. The van der Waals surface area contributed by atoms with Gasteiger partial charge < -0.3 is 4.52 Å². The third-order valence-corrected chi connectivity index (χ3v) is 12.3. The van der Waals surface area contributed by atoms with E-state index < -0.39 is 16.2 Å². The SMILES string of the molecule is C[C@H]([C@@H](OP(c1ccccc1)c1ccccc1)c1ccccc1)N(C)P(c1ccccc1)c1cccc2ccccc12. The second kappa shape index (κ2) is 13.6. The van der Waals surface area contributed by atoms with Gasteiger partial charge in [0.05, 0.1) is 8.15 Å². The lowest BCUT2D eigenvalue weighted by atomic mass is 10.0. The Labute approximate surface area is 252 Å². The van der Waals surface area contributed by atoms with Crippen LogP contribution in [0.1, 0.15) is 18.6 Å². The van der Waals surface area contributed by atoms with E-state index in [2.05, 4.69) is 182 Å². The third kappa shape index (κ3) is 6.24. The fraction of sp³-hybridized carbons (Fsp3) is 0.105. The minimum Gasteiger partial charge on any atom is -0.340 e. The van der Waals surface area contributed by atoms with Crippen LogP contribution in [0, 0.1) is 0 Å². The molecular weight excluding hydrogens is 548 g/mol. The molecule has 3 atom stereocenters. The van der Waals surface area contributed by atoms with Crippen molar-refractivity contribution in [3.63, 3.8) is 0 Å². The summed E-state index contributed by atoms with van der Waals surface area (Å²) in [6, 6.07) is 58.6. The van der Waals surface area contributed by atoms with Crippen molar-refractivity contribution in [2.75, 3.05) is 7.05 Å². The molecule has 6 aromatic carbocycles. The predicted octanol–water partition coefficient (Wildman–Crippen LogP) is 8.31. The molecule has 0 saturated heterocycles. The fourth-order valence-corrected chi connectivity index (χ4v) is 9.95. The van der Waals surface area contributed by atoms with E-state index in [9.17, 15) is 0 Å². The molecular formula is C38H35NOP2. The van der Waals surface area contributed by atoms with E-state index in [1.54, 1.807) is 0 Å². The minimum atomic E-state index is -1.05. The van der Waals surface area contributed by atoms with Crippen LogP contribution in [0.3, 0.4) is 0 Å². The first-order valence-electron chi connectivity index (χ1n) is 14.4. The monoisotopic (exact) mass is 583 g/mol. The number of rotatable bonds is 10. The largest absolute Gasteiger partial charge is 0.340 e. The highest BCUT2D eigenvalue weighted by Gasteiger charge is 2.33. The summed E-state index contributed by atoms with van der Waals surface area (Å²) in [5.74, 6) is 0. The van der Waals surface area contributed by atoms with Gasteiger partial charge in [-0.05, 0) is 35.6 Å². The normalized spacial score (nSPS) is 13.7. The Morgan fingerprint density at radius 3 is 1.60 bits per heavy atom. The maximum absolute atomic E-state index is 7.33. The van der Waals surface area contributed by atoms with E-state index in [4.69, 9.17) is 4.52 Å². The summed E-state index contributed by atoms with van der Waals surface area (Å²) in [6.07, 6.45) is -0.147. The van der Waals surface area contributed by atoms with Crippen LogP contribution < -0.4 is 21.2 Å². The quantitative estimate of drug-likeness (QED) is 0.150.